The van der Waals surface area contributed by atoms with Gasteiger partial charge >= 0.3 is 5.97 Å². The molecule has 0 aliphatic rings. The number of aliphatic hydroxyl groups excluding tert-OH is 1. The minimum atomic E-state index is -0.518. The first kappa shape index (κ1) is 13.3. The van der Waals surface area contributed by atoms with Crippen LogP contribution in [0.3, 0.4) is 0 Å². The number of carbonyl (C=O) groups excluding carboxylic acids is 1. The summed E-state index contributed by atoms with van der Waals surface area (Å²) >= 11 is 0. The second kappa shape index (κ2) is 6.71. The molecule has 3 heteroatoms. The zero-order chi connectivity index (χ0) is 13.5. The van der Waals surface area contributed by atoms with Gasteiger partial charge in [-0.3, -0.25) is 0 Å². The number of benzene rings is 2. The highest BCUT2D eigenvalue weighted by molar-refractivity contribution is 5.89. The molecule has 1 atom stereocenters. The van der Waals surface area contributed by atoms with Gasteiger partial charge in [0, 0.05) is 6.42 Å². The molecule has 0 spiro atoms. The van der Waals surface area contributed by atoms with Crippen molar-refractivity contribution in [2.45, 2.75) is 12.5 Å². The van der Waals surface area contributed by atoms with Gasteiger partial charge in [0.25, 0.3) is 0 Å². The lowest BCUT2D eigenvalue weighted by molar-refractivity contribution is 0.0142. The average Bonchev–Trinajstić information content (AvgIpc) is 2.48. The highest BCUT2D eigenvalue weighted by Crippen LogP contribution is 2.09. The Morgan fingerprint density at radius 1 is 1.00 bits per heavy atom. The molecule has 1 N–H and O–H groups in total. The molecule has 2 aromatic rings. The van der Waals surface area contributed by atoms with Crippen LogP contribution in [0.25, 0.3) is 0 Å². The Bertz CT molecular complexity index is 508. The molecular formula is C16H16O3. The van der Waals surface area contributed by atoms with E-state index < -0.39 is 12.1 Å². The molecule has 2 rings (SSSR count). The summed E-state index contributed by atoms with van der Waals surface area (Å²) < 4.78 is 5.30. The molecule has 0 aromatic heterocycles. The van der Waals surface area contributed by atoms with Crippen LogP contribution in [-0.4, -0.2) is 23.8 Å². The lowest BCUT2D eigenvalue weighted by atomic mass is 10.1. The van der Waals surface area contributed by atoms with Crippen molar-refractivity contribution < 1.29 is 14.6 Å². The monoisotopic (exact) mass is 256 g/mol. The molecule has 0 saturated carbocycles. The number of esters is 1. The third-order valence-electron chi connectivity index (χ3n) is 2.79. The minimum absolute atomic E-state index is 0.187. The fourth-order valence-electron chi connectivity index (χ4n) is 1.81. The SMILES string of the molecule is O=C(O[C@H](CO)Cc1ccccc1)c1ccccc1. The molecule has 0 bridgehead atoms. The molecular weight excluding hydrogens is 240 g/mol. The molecule has 0 heterocycles. The lowest BCUT2D eigenvalue weighted by Gasteiger charge is -2.15. The smallest absolute Gasteiger partial charge is 0.338 e. The third-order valence-corrected chi connectivity index (χ3v) is 2.79. The predicted molar refractivity (Wildman–Crippen MR) is 72.9 cm³/mol. The van der Waals surface area contributed by atoms with Gasteiger partial charge in [-0.25, -0.2) is 4.79 Å². The van der Waals surface area contributed by atoms with Crippen molar-refractivity contribution in [3.63, 3.8) is 0 Å². The summed E-state index contributed by atoms with van der Waals surface area (Å²) in [6.07, 6.45) is -0.00859. The quantitative estimate of drug-likeness (QED) is 0.836. The zero-order valence-electron chi connectivity index (χ0n) is 10.5. The molecule has 0 fully saturated rings. The Morgan fingerprint density at radius 2 is 1.58 bits per heavy atom. The van der Waals surface area contributed by atoms with Crippen LogP contribution in [0.5, 0.6) is 0 Å². The molecule has 98 valence electrons. The highest BCUT2D eigenvalue weighted by atomic mass is 16.6. The van der Waals surface area contributed by atoms with Gasteiger partial charge in [-0.15, -0.1) is 0 Å². The molecule has 0 saturated heterocycles. The first-order valence-electron chi connectivity index (χ1n) is 6.20. The van der Waals surface area contributed by atoms with Crippen LogP contribution < -0.4 is 0 Å². The van der Waals surface area contributed by atoms with Crippen LogP contribution in [0, 0.1) is 0 Å². The summed E-state index contributed by atoms with van der Waals surface area (Å²) in [6, 6.07) is 18.4. The number of hydrogen-bond acceptors (Lipinski definition) is 3. The lowest BCUT2D eigenvalue weighted by Crippen LogP contribution is -2.24. The number of ether oxygens (including phenoxy) is 1. The Hall–Kier alpha value is -2.13. The van der Waals surface area contributed by atoms with Gasteiger partial charge in [-0.05, 0) is 17.7 Å². The van der Waals surface area contributed by atoms with Crippen LogP contribution >= 0.6 is 0 Å². The van der Waals surface area contributed by atoms with Crippen LogP contribution in [0.2, 0.25) is 0 Å². The van der Waals surface area contributed by atoms with Crippen molar-refractivity contribution >= 4 is 5.97 Å². The third kappa shape index (κ3) is 3.93. The first-order valence-corrected chi connectivity index (χ1v) is 6.20. The van der Waals surface area contributed by atoms with Crippen LogP contribution in [-0.2, 0) is 11.2 Å². The molecule has 3 nitrogen and oxygen atoms in total. The van der Waals surface area contributed by atoms with E-state index in [9.17, 15) is 9.90 Å². The molecule has 19 heavy (non-hydrogen) atoms. The van der Waals surface area contributed by atoms with E-state index >= 15 is 0 Å². The highest BCUT2D eigenvalue weighted by Gasteiger charge is 2.15. The standard InChI is InChI=1S/C16H16O3/c17-12-15(11-13-7-3-1-4-8-13)19-16(18)14-9-5-2-6-10-14/h1-10,15,17H,11-12H2/t15-/m0/s1. The molecule has 2 aromatic carbocycles. The van der Waals surface area contributed by atoms with Crippen molar-refractivity contribution in [2.75, 3.05) is 6.61 Å². The van der Waals surface area contributed by atoms with E-state index in [0.717, 1.165) is 5.56 Å². The van der Waals surface area contributed by atoms with Crippen molar-refractivity contribution in [2.24, 2.45) is 0 Å². The molecule has 0 aliphatic carbocycles. The molecule has 0 unspecified atom stereocenters. The Morgan fingerprint density at radius 3 is 2.16 bits per heavy atom. The maximum Gasteiger partial charge on any atom is 0.338 e. The van der Waals surface area contributed by atoms with E-state index in [-0.39, 0.29) is 6.61 Å². The fraction of sp³-hybridized carbons (Fsp3) is 0.188. The van der Waals surface area contributed by atoms with Crippen molar-refractivity contribution in [3.8, 4) is 0 Å². The Labute approximate surface area is 112 Å². The van der Waals surface area contributed by atoms with E-state index in [1.54, 1.807) is 24.3 Å². The topological polar surface area (TPSA) is 46.5 Å². The van der Waals surface area contributed by atoms with E-state index in [0.29, 0.717) is 12.0 Å². The maximum atomic E-state index is 11.9. The normalized spacial score (nSPS) is 11.8. The summed E-state index contributed by atoms with van der Waals surface area (Å²) in [4.78, 5) is 11.9. The Kier molecular flexibility index (Phi) is 4.70. The van der Waals surface area contributed by atoms with Crippen LogP contribution in [0.15, 0.2) is 60.7 Å². The van der Waals surface area contributed by atoms with Gasteiger partial charge in [0.15, 0.2) is 0 Å². The van der Waals surface area contributed by atoms with Gasteiger partial charge in [-0.1, -0.05) is 48.5 Å². The average molecular weight is 256 g/mol. The second-order valence-electron chi connectivity index (χ2n) is 4.27. The van der Waals surface area contributed by atoms with Crippen LogP contribution in [0.4, 0.5) is 0 Å². The second-order valence-corrected chi connectivity index (χ2v) is 4.27. The summed E-state index contributed by atoms with van der Waals surface area (Å²) in [7, 11) is 0. The molecule has 0 radical (unpaired) electrons. The van der Waals surface area contributed by atoms with Crippen molar-refractivity contribution in [1.29, 1.82) is 0 Å². The minimum Gasteiger partial charge on any atom is -0.456 e. The maximum absolute atomic E-state index is 11.9. The van der Waals surface area contributed by atoms with Gasteiger partial charge < -0.3 is 9.84 Å². The number of hydrogen-bond donors (Lipinski definition) is 1. The van der Waals surface area contributed by atoms with E-state index in [4.69, 9.17) is 4.74 Å². The predicted octanol–water partition coefficient (Wildman–Crippen LogP) is 2.45. The summed E-state index contributed by atoms with van der Waals surface area (Å²) in [6.45, 7) is -0.187. The molecule has 0 aliphatic heterocycles. The number of carbonyl (C=O) groups is 1. The summed E-state index contributed by atoms with van der Waals surface area (Å²) in [5, 5.41) is 9.31. The largest absolute Gasteiger partial charge is 0.456 e. The number of aliphatic hydroxyl groups is 1. The summed E-state index contributed by atoms with van der Waals surface area (Å²) in [5.74, 6) is -0.407. The summed E-state index contributed by atoms with van der Waals surface area (Å²) in [5.41, 5.74) is 1.52. The fourth-order valence-corrected chi connectivity index (χ4v) is 1.81. The van der Waals surface area contributed by atoms with Gasteiger partial charge in [0.2, 0.25) is 0 Å². The van der Waals surface area contributed by atoms with Gasteiger partial charge in [0.1, 0.15) is 6.10 Å². The van der Waals surface area contributed by atoms with E-state index in [1.807, 2.05) is 36.4 Å². The van der Waals surface area contributed by atoms with E-state index in [2.05, 4.69) is 0 Å². The van der Waals surface area contributed by atoms with E-state index in [1.165, 1.54) is 0 Å². The Balaban J connectivity index is 1.98. The van der Waals surface area contributed by atoms with Crippen LogP contribution in [0.1, 0.15) is 15.9 Å². The van der Waals surface area contributed by atoms with Gasteiger partial charge in [0.05, 0.1) is 12.2 Å². The first-order chi connectivity index (χ1) is 9.29. The zero-order valence-corrected chi connectivity index (χ0v) is 10.5. The van der Waals surface area contributed by atoms with Crippen molar-refractivity contribution in [1.82, 2.24) is 0 Å². The number of rotatable bonds is 5. The van der Waals surface area contributed by atoms with Crippen molar-refractivity contribution in [3.05, 3.63) is 71.8 Å². The van der Waals surface area contributed by atoms with Gasteiger partial charge in [-0.2, -0.15) is 0 Å². The molecule has 0 amide bonds.